The number of hydrogen-bond donors (Lipinski definition) is 1. The van der Waals surface area contributed by atoms with Gasteiger partial charge in [-0.1, -0.05) is 37.3 Å². The van der Waals surface area contributed by atoms with Crippen LogP contribution in [0.2, 0.25) is 0 Å². The second kappa shape index (κ2) is 7.81. The largest absolute Gasteiger partial charge is 0.352 e. The molecular formula is C17H24N2O2. The second-order valence-electron chi connectivity index (χ2n) is 5.58. The Morgan fingerprint density at radius 1 is 1.24 bits per heavy atom. The van der Waals surface area contributed by atoms with E-state index in [1.54, 1.807) is 0 Å². The Labute approximate surface area is 126 Å². The lowest BCUT2D eigenvalue weighted by Gasteiger charge is -2.35. The predicted octanol–water partition coefficient (Wildman–Crippen LogP) is 2.48. The van der Waals surface area contributed by atoms with Gasteiger partial charge in [-0.2, -0.15) is 0 Å². The van der Waals surface area contributed by atoms with Crippen LogP contribution in [-0.4, -0.2) is 29.3 Å². The van der Waals surface area contributed by atoms with Crippen LogP contribution in [0.25, 0.3) is 0 Å². The van der Waals surface area contributed by atoms with Gasteiger partial charge in [0.15, 0.2) is 0 Å². The van der Waals surface area contributed by atoms with Crippen molar-refractivity contribution in [3.05, 3.63) is 35.9 Å². The lowest BCUT2D eigenvalue weighted by atomic mass is 9.99. The van der Waals surface area contributed by atoms with Gasteiger partial charge in [-0.25, -0.2) is 0 Å². The Morgan fingerprint density at radius 3 is 2.71 bits per heavy atom. The monoisotopic (exact) mass is 288 g/mol. The molecule has 1 N–H and O–H groups in total. The van der Waals surface area contributed by atoms with Gasteiger partial charge in [0.1, 0.15) is 6.42 Å². The summed E-state index contributed by atoms with van der Waals surface area (Å²) in [5, 5.41) is 2.82. The molecule has 1 aromatic rings. The number of carbonyl (C=O) groups is 2. The van der Waals surface area contributed by atoms with Gasteiger partial charge in [-0.15, -0.1) is 0 Å². The van der Waals surface area contributed by atoms with Crippen LogP contribution in [0.5, 0.6) is 0 Å². The molecule has 1 aliphatic rings. The molecule has 0 spiro atoms. The average Bonchev–Trinajstić information content (AvgIpc) is 2.53. The van der Waals surface area contributed by atoms with E-state index in [0.29, 0.717) is 12.6 Å². The molecule has 4 nitrogen and oxygen atoms in total. The molecule has 0 bridgehead atoms. The van der Waals surface area contributed by atoms with Crippen molar-refractivity contribution in [3.63, 3.8) is 0 Å². The van der Waals surface area contributed by atoms with E-state index in [1.165, 1.54) is 6.42 Å². The molecule has 21 heavy (non-hydrogen) atoms. The molecule has 2 amide bonds. The first-order valence-corrected chi connectivity index (χ1v) is 7.80. The van der Waals surface area contributed by atoms with E-state index < -0.39 is 0 Å². The average molecular weight is 288 g/mol. The van der Waals surface area contributed by atoms with E-state index in [4.69, 9.17) is 0 Å². The zero-order valence-electron chi connectivity index (χ0n) is 12.7. The fourth-order valence-electron chi connectivity index (χ4n) is 2.85. The molecule has 114 valence electrons. The van der Waals surface area contributed by atoms with Crippen molar-refractivity contribution >= 4 is 11.8 Å². The van der Waals surface area contributed by atoms with Crippen molar-refractivity contribution in [1.82, 2.24) is 10.2 Å². The van der Waals surface area contributed by atoms with Gasteiger partial charge in [0, 0.05) is 19.1 Å². The topological polar surface area (TPSA) is 49.4 Å². The van der Waals surface area contributed by atoms with Crippen molar-refractivity contribution in [3.8, 4) is 0 Å². The highest BCUT2D eigenvalue weighted by Crippen LogP contribution is 2.20. The zero-order valence-corrected chi connectivity index (χ0v) is 12.7. The quantitative estimate of drug-likeness (QED) is 0.846. The summed E-state index contributed by atoms with van der Waals surface area (Å²) in [5.74, 6) is -0.226. The number of carbonyl (C=O) groups excluding carboxylic acids is 2. The highest BCUT2D eigenvalue weighted by molar-refractivity contribution is 5.97. The van der Waals surface area contributed by atoms with E-state index in [9.17, 15) is 9.59 Å². The zero-order chi connectivity index (χ0) is 15.1. The maximum atomic E-state index is 12.3. The smallest absolute Gasteiger partial charge is 0.232 e. The Morgan fingerprint density at radius 2 is 2.00 bits per heavy atom. The molecule has 1 atom stereocenters. The number of benzene rings is 1. The Bertz CT molecular complexity index is 473. The van der Waals surface area contributed by atoms with Crippen molar-refractivity contribution in [2.24, 2.45) is 0 Å². The van der Waals surface area contributed by atoms with Gasteiger partial charge in [0.25, 0.3) is 0 Å². The van der Waals surface area contributed by atoms with Crippen molar-refractivity contribution in [2.45, 2.75) is 51.6 Å². The van der Waals surface area contributed by atoms with E-state index in [-0.39, 0.29) is 18.2 Å². The van der Waals surface area contributed by atoms with E-state index >= 15 is 0 Å². The summed E-state index contributed by atoms with van der Waals surface area (Å²) >= 11 is 0. The number of rotatable bonds is 5. The molecule has 1 aliphatic heterocycles. The minimum Gasteiger partial charge on any atom is -0.352 e. The summed E-state index contributed by atoms with van der Waals surface area (Å²) < 4.78 is 0. The van der Waals surface area contributed by atoms with Gasteiger partial charge in [0.2, 0.25) is 11.8 Å². The lowest BCUT2D eigenvalue weighted by molar-refractivity contribution is -0.139. The van der Waals surface area contributed by atoms with Crippen molar-refractivity contribution in [2.75, 3.05) is 6.54 Å². The van der Waals surface area contributed by atoms with Gasteiger partial charge in [0.05, 0.1) is 0 Å². The molecule has 0 radical (unpaired) electrons. The Hall–Kier alpha value is -1.84. The summed E-state index contributed by atoms with van der Waals surface area (Å²) in [6.07, 6.45) is 4.23. The third-order valence-corrected chi connectivity index (χ3v) is 4.06. The first-order chi connectivity index (χ1) is 10.2. The third-order valence-electron chi connectivity index (χ3n) is 4.06. The van der Waals surface area contributed by atoms with Crippen molar-refractivity contribution < 1.29 is 9.59 Å². The molecule has 0 saturated carbocycles. The van der Waals surface area contributed by atoms with Crippen molar-refractivity contribution in [1.29, 1.82) is 0 Å². The minimum atomic E-state index is -0.190. The first kappa shape index (κ1) is 15.5. The predicted molar refractivity (Wildman–Crippen MR) is 82.5 cm³/mol. The first-order valence-electron chi connectivity index (χ1n) is 7.80. The third kappa shape index (κ3) is 4.59. The Balaban J connectivity index is 1.80. The summed E-state index contributed by atoms with van der Waals surface area (Å²) in [7, 11) is 0. The van der Waals surface area contributed by atoms with Gasteiger partial charge < -0.3 is 10.2 Å². The molecule has 1 heterocycles. The molecule has 4 heteroatoms. The molecule has 1 fully saturated rings. The molecule has 1 saturated heterocycles. The van der Waals surface area contributed by atoms with Crippen LogP contribution in [0.1, 0.15) is 44.6 Å². The second-order valence-corrected chi connectivity index (χ2v) is 5.58. The maximum Gasteiger partial charge on any atom is 0.232 e. The number of hydrogen-bond acceptors (Lipinski definition) is 2. The SMILES string of the molecule is CCC1CCCCN1C(=O)CC(=O)NCc1ccccc1. The van der Waals surface area contributed by atoms with E-state index in [1.807, 2.05) is 35.2 Å². The van der Waals surface area contributed by atoms with E-state index in [0.717, 1.165) is 31.4 Å². The number of nitrogens with one attached hydrogen (secondary N) is 1. The fraction of sp³-hybridized carbons (Fsp3) is 0.529. The molecular weight excluding hydrogens is 264 g/mol. The van der Waals surface area contributed by atoms with Crippen LogP contribution < -0.4 is 5.32 Å². The molecule has 1 aromatic carbocycles. The van der Waals surface area contributed by atoms with Crippen LogP contribution in [0.15, 0.2) is 30.3 Å². The highest BCUT2D eigenvalue weighted by atomic mass is 16.2. The normalized spacial score (nSPS) is 18.3. The maximum absolute atomic E-state index is 12.3. The standard InChI is InChI=1S/C17H24N2O2/c1-2-15-10-6-7-11-19(15)17(21)12-16(20)18-13-14-8-4-3-5-9-14/h3-5,8-9,15H,2,6-7,10-13H2,1H3,(H,18,20). The van der Waals surface area contributed by atoms with Crippen LogP contribution in [-0.2, 0) is 16.1 Å². The van der Waals surface area contributed by atoms with E-state index in [2.05, 4.69) is 12.2 Å². The minimum absolute atomic E-state index is 0.0351. The lowest BCUT2D eigenvalue weighted by Crippen LogP contribution is -2.45. The molecule has 0 aromatic heterocycles. The molecule has 2 rings (SSSR count). The number of nitrogens with zero attached hydrogens (tertiary/aromatic N) is 1. The fourth-order valence-corrected chi connectivity index (χ4v) is 2.85. The van der Waals surface area contributed by atoms with Crippen LogP contribution >= 0.6 is 0 Å². The van der Waals surface area contributed by atoms with Gasteiger partial charge >= 0.3 is 0 Å². The highest BCUT2D eigenvalue weighted by Gasteiger charge is 2.26. The van der Waals surface area contributed by atoms with Gasteiger partial charge in [-0.3, -0.25) is 9.59 Å². The summed E-state index contributed by atoms with van der Waals surface area (Å²) in [4.78, 5) is 26.1. The number of piperidine rings is 1. The molecule has 0 aliphatic carbocycles. The van der Waals surface area contributed by atoms with Gasteiger partial charge in [-0.05, 0) is 31.2 Å². The molecule has 1 unspecified atom stereocenters. The van der Waals surface area contributed by atoms with Crippen LogP contribution in [0, 0.1) is 0 Å². The van der Waals surface area contributed by atoms with Crippen LogP contribution in [0.3, 0.4) is 0 Å². The summed E-state index contributed by atoms with van der Waals surface area (Å²) in [5.41, 5.74) is 1.04. The van der Waals surface area contributed by atoms with Crippen LogP contribution in [0.4, 0.5) is 0 Å². The summed E-state index contributed by atoms with van der Waals surface area (Å²) in [6.45, 7) is 3.37. The number of amides is 2. The number of likely N-dealkylation sites (tertiary alicyclic amines) is 1. The Kier molecular flexibility index (Phi) is 5.78. The summed E-state index contributed by atoms with van der Waals surface area (Å²) in [6, 6.07) is 10.0.